The van der Waals surface area contributed by atoms with Gasteiger partial charge in [-0.05, 0) is 152 Å². The summed E-state index contributed by atoms with van der Waals surface area (Å²) < 4.78 is 20.5. The Morgan fingerprint density at radius 2 is 1.28 bits per heavy atom. The molecule has 0 radical (unpaired) electrons. The van der Waals surface area contributed by atoms with Gasteiger partial charge in [-0.3, -0.25) is 0 Å². The molecule has 0 amide bonds. The minimum Gasteiger partial charge on any atom is -0.415 e. The second-order valence-electron chi connectivity index (χ2n) is 16.8. The molecule has 0 bridgehead atoms. The Kier molecular flexibility index (Phi) is 8.09. The van der Waals surface area contributed by atoms with Crippen LogP contribution in [0.2, 0.25) is 58.9 Å². The van der Waals surface area contributed by atoms with Crippen LogP contribution in [0.4, 0.5) is 0 Å². The maximum Gasteiger partial charge on any atom is 0.184 e. The zero-order valence-electron chi connectivity index (χ0n) is 26.0. The van der Waals surface area contributed by atoms with Gasteiger partial charge in [0.05, 0.1) is 6.10 Å². The summed E-state index contributed by atoms with van der Waals surface area (Å²) >= 11 is 0. The van der Waals surface area contributed by atoms with Crippen LogP contribution in [-0.4, -0.2) is 43.3 Å². The molecular weight excluding hydrogens is 493 g/mol. The first-order chi connectivity index (χ1) is 16.3. The predicted octanol–water partition coefficient (Wildman–Crippen LogP) is 8.94. The summed E-state index contributed by atoms with van der Waals surface area (Å²) in [6.07, 6.45) is 12.1. The highest BCUT2D eigenvalue weighted by Crippen LogP contribution is 2.68. The second kappa shape index (κ2) is 9.87. The highest BCUT2D eigenvalue weighted by molar-refractivity contribution is 6.70. The lowest BCUT2D eigenvalue weighted by Crippen LogP contribution is -2.55. The van der Waals surface area contributed by atoms with E-state index in [4.69, 9.17) is 13.3 Å². The standard InChI is InChI=1S/C30H60O3Si3/c1-21(31-34(4,5)6)28-27(33-36(10,11)12)20-26-24-14-13-22-19-23(32-35(7,8)9)15-17-29(22,2)25(24)16-18-30(26,28)3/h21-28H,13-20H2,1-12H3/t21-,22+,23-,24?,25?,26?,27+,28?,29?,30?/m0/s1. The van der Waals surface area contributed by atoms with E-state index in [0.29, 0.717) is 35.1 Å². The number of fused-ring (bicyclic) bond motifs is 5. The van der Waals surface area contributed by atoms with E-state index in [1.807, 2.05) is 0 Å². The lowest BCUT2D eigenvalue weighted by molar-refractivity contribution is -0.131. The van der Waals surface area contributed by atoms with Crippen molar-refractivity contribution in [3.63, 3.8) is 0 Å². The van der Waals surface area contributed by atoms with Gasteiger partial charge in [0.1, 0.15) is 0 Å². The molecule has 0 spiro atoms. The molecule has 0 aromatic heterocycles. The molecule has 3 nitrogen and oxygen atoms in total. The van der Waals surface area contributed by atoms with Crippen molar-refractivity contribution in [1.29, 1.82) is 0 Å². The molecule has 4 saturated carbocycles. The smallest absolute Gasteiger partial charge is 0.184 e. The van der Waals surface area contributed by atoms with E-state index in [1.165, 1.54) is 51.4 Å². The molecule has 4 aliphatic rings. The first-order valence-electron chi connectivity index (χ1n) is 15.4. The predicted molar refractivity (Wildman–Crippen MR) is 161 cm³/mol. The summed E-state index contributed by atoms with van der Waals surface area (Å²) in [6.45, 7) is 29.0. The topological polar surface area (TPSA) is 27.7 Å². The zero-order valence-corrected chi connectivity index (χ0v) is 29.0. The van der Waals surface area contributed by atoms with Crippen LogP contribution in [0, 0.1) is 40.4 Å². The third-order valence-electron chi connectivity index (χ3n) is 10.8. The quantitative estimate of drug-likeness (QED) is 0.295. The van der Waals surface area contributed by atoms with Gasteiger partial charge in [0.15, 0.2) is 25.0 Å². The van der Waals surface area contributed by atoms with E-state index in [9.17, 15) is 0 Å². The van der Waals surface area contributed by atoms with E-state index in [1.54, 1.807) is 0 Å². The van der Waals surface area contributed by atoms with E-state index in [2.05, 4.69) is 79.7 Å². The highest BCUT2D eigenvalue weighted by atomic mass is 28.4. The maximum atomic E-state index is 7.04. The van der Waals surface area contributed by atoms with Crippen LogP contribution >= 0.6 is 0 Å². The summed E-state index contributed by atoms with van der Waals surface area (Å²) in [5, 5.41) is 0. The lowest BCUT2D eigenvalue weighted by Gasteiger charge is -2.61. The van der Waals surface area contributed by atoms with E-state index < -0.39 is 25.0 Å². The van der Waals surface area contributed by atoms with Gasteiger partial charge >= 0.3 is 0 Å². The number of hydrogen-bond donors (Lipinski definition) is 0. The third-order valence-corrected chi connectivity index (χ3v) is 13.9. The Morgan fingerprint density at radius 1 is 0.667 bits per heavy atom. The molecule has 6 unspecified atom stereocenters. The molecule has 4 fully saturated rings. The molecule has 0 aliphatic heterocycles. The molecule has 0 saturated heterocycles. The molecule has 0 N–H and O–H groups in total. The Balaban J connectivity index is 1.57. The van der Waals surface area contributed by atoms with Crippen LogP contribution in [-0.2, 0) is 13.3 Å². The summed E-state index contributed by atoms with van der Waals surface area (Å²) in [4.78, 5) is 0. The van der Waals surface area contributed by atoms with Gasteiger partial charge in [-0.1, -0.05) is 13.8 Å². The summed E-state index contributed by atoms with van der Waals surface area (Å²) in [6, 6.07) is 0. The van der Waals surface area contributed by atoms with Crippen LogP contribution in [0.25, 0.3) is 0 Å². The van der Waals surface area contributed by atoms with Crippen molar-refractivity contribution in [2.45, 2.75) is 149 Å². The van der Waals surface area contributed by atoms with E-state index in [0.717, 1.165) is 23.7 Å². The van der Waals surface area contributed by atoms with E-state index in [-0.39, 0.29) is 0 Å². The monoisotopic (exact) mass is 552 g/mol. The Bertz CT molecular complexity index is 784. The van der Waals surface area contributed by atoms with Gasteiger partial charge in [0.25, 0.3) is 0 Å². The first kappa shape index (κ1) is 29.5. The van der Waals surface area contributed by atoms with Crippen LogP contribution < -0.4 is 0 Å². The van der Waals surface area contributed by atoms with Crippen molar-refractivity contribution in [2.75, 3.05) is 0 Å². The molecule has 36 heavy (non-hydrogen) atoms. The van der Waals surface area contributed by atoms with Gasteiger partial charge in [-0.15, -0.1) is 0 Å². The number of rotatable bonds is 7. The van der Waals surface area contributed by atoms with Gasteiger partial charge < -0.3 is 13.3 Å². The van der Waals surface area contributed by atoms with Gasteiger partial charge in [0, 0.05) is 18.1 Å². The maximum absolute atomic E-state index is 7.04. The summed E-state index contributed by atoms with van der Waals surface area (Å²) in [7, 11) is -4.72. The number of hydrogen-bond acceptors (Lipinski definition) is 3. The van der Waals surface area contributed by atoms with Gasteiger partial charge in [-0.2, -0.15) is 0 Å². The minimum atomic E-state index is -1.63. The molecule has 6 heteroatoms. The second-order valence-corrected chi connectivity index (χ2v) is 30.2. The van der Waals surface area contributed by atoms with Crippen molar-refractivity contribution >= 4 is 25.0 Å². The van der Waals surface area contributed by atoms with Crippen molar-refractivity contribution in [3.05, 3.63) is 0 Å². The Hall–Kier alpha value is 0.531. The molecule has 10 atom stereocenters. The molecule has 210 valence electrons. The highest BCUT2D eigenvalue weighted by Gasteiger charge is 2.64. The average molecular weight is 553 g/mol. The summed E-state index contributed by atoms with van der Waals surface area (Å²) in [5.41, 5.74) is 0.864. The van der Waals surface area contributed by atoms with Crippen molar-refractivity contribution in [2.24, 2.45) is 40.4 Å². The fraction of sp³-hybridized carbons (Fsp3) is 1.00. The summed E-state index contributed by atoms with van der Waals surface area (Å²) in [5.74, 6) is 3.95. The molecule has 0 aromatic rings. The average Bonchev–Trinajstić information content (AvgIpc) is 2.96. The van der Waals surface area contributed by atoms with Gasteiger partial charge in [-0.25, -0.2) is 0 Å². The lowest BCUT2D eigenvalue weighted by atomic mass is 9.44. The molecule has 0 heterocycles. The van der Waals surface area contributed by atoms with Crippen molar-refractivity contribution in [3.8, 4) is 0 Å². The fourth-order valence-corrected chi connectivity index (χ4v) is 13.5. The van der Waals surface area contributed by atoms with Crippen LogP contribution in [0.3, 0.4) is 0 Å². The third kappa shape index (κ3) is 5.99. The molecule has 4 rings (SSSR count). The molecule has 0 aromatic carbocycles. The van der Waals surface area contributed by atoms with Crippen molar-refractivity contribution < 1.29 is 13.3 Å². The Morgan fingerprint density at radius 3 is 1.86 bits per heavy atom. The fourth-order valence-electron chi connectivity index (χ4n) is 9.90. The van der Waals surface area contributed by atoms with Crippen molar-refractivity contribution in [1.82, 2.24) is 0 Å². The molecule has 4 aliphatic carbocycles. The van der Waals surface area contributed by atoms with Gasteiger partial charge in [0.2, 0.25) is 0 Å². The largest absolute Gasteiger partial charge is 0.415 e. The van der Waals surface area contributed by atoms with Crippen LogP contribution in [0.1, 0.15) is 72.1 Å². The minimum absolute atomic E-state index is 0.297. The normalized spacial score (nSPS) is 44.5. The Labute approximate surface area is 227 Å². The SMILES string of the molecule is C[C@H](O[Si](C)(C)C)C1[C@H](O[Si](C)(C)C)CC2C3CC[C@@H]4C[C@@H](O[Si](C)(C)C)CCC4(C)C3CCC21C. The van der Waals surface area contributed by atoms with E-state index >= 15 is 0 Å². The van der Waals surface area contributed by atoms with Crippen LogP contribution in [0.5, 0.6) is 0 Å². The molecular formula is C30H60O3Si3. The first-order valence-corrected chi connectivity index (χ1v) is 25.6. The van der Waals surface area contributed by atoms with Crippen LogP contribution in [0.15, 0.2) is 0 Å². The zero-order chi connectivity index (χ0) is 26.9.